The van der Waals surface area contributed by atoms with Crippen LogP contribution in [-0.4, -0.2) is 52.1 Å². The van der Waals surface area contributed by atoms with Crippen molar-refractivity contribution in [1.29, 1.82) is 0 Å². The number of hydrogen-bond acceptors (Lipinski definition) is 7. The summed E-state index contributed by atoms with van der Waals surface area (Å²) < 4.78 is 12.1. The van der Waals surface area contributed by atoms with Gasteiger partial charge >= 0.3 is 0 Å². The van der Waals surface area contributed by atoms with E-state index in [9.17, 15) is 4.79 Å². The first-order valence-electron chi connectivity index (χ1n) is 16.3. The van der Waals surface area contributed by atoms with Crippen molar-refractivity contribution in [2.75, 3.05) is 31.1 Å². The molecule has 8 heteroatoms. The highest BCUT2D eigenvalue weighted by Gasteiger charge is 2.29. The summed E-state index contributed by atoms with van der Waals surface area (Å²) >= 11 is 0. The van der Waals surface area contributed by atoms with Gasteiger partial charge in [0.25, 0.3) is 5.71 Å². The fraction of sp³-hybridized carbons (Fsp3) is 0.231. The van der Waals surface area contributed by atoms with Crippen LogP contribution in [0, 0.1) is 0 Å². The van der Waals surface area contributed by atoms with Gasteiger partial charge < -0.3 is 19.1 Å². The van der Waals surface area contributed by atoms with Crippen molar-refractivity contribution in [3.63, 3.8) is 0 Å². The molecule has 0 bridgehead atoms. The molecule has 1 amide bonds. The summed E-state index contributed by atoms with van der Waals surface area (Å²) in [7, 11) is 0. The number of anilines is 1. The molecule has 0 aliphatic carbocycles. The molecule has 1 unspecified atom stereocenters. The zero-order chi connectivity index (χ0) is 32.0. The lowest BCUT2D eigenvalue weighted by molar-refractivity contribution is -0.132. The van der Waals surface area contributed by atoms with Gasteiger partial charge in [-0.3, -0.25) is 4.79 Å². The van der Waals surface area contributed by atoms with E-state index in [-0.39, 0.29) is 11.8 Å². The second-order valence-electron chi connectivity index (χ2n) is 11.8. The Morgan fingerprint density at radius 1 is 0.809 bits per heavy atom. The molecule has 8 nitrogen and oxygen atoms in total. The van der Waals surface area contributed by atoms with E-state index in [2.05, 4.69) is 41.2 Å². The van der Waals surface area contributed by atoms with Crippen LogP contribution in [0.2, 0.25) is 0 Å². The van der Waals surface area contributed by atoms with Crippen molar-refractivity contribution in [2.45, 2.75) is 32.1 Å². The van der Waals surface area contributed by atoms with Gasteiger partial charge in [0, 0.05) is 38.2 Å². The van der Waals surface area contributed by atoms with E-state index in [1.54, 1.807) is 0 Å². The molecule has 1 atom stereocenters. The SMILES string of the molecule is CCC(C(=O)N1CCCN(c2nc(Cc3ccccc3)nc3onc(-c4cccc(Oc5ccccc5)c4)c23)CC1)c1ccccc1. The molecule has 4 aromatic carbocycles. The third-order valence-corrected chi connectivity index (χ3v) is 8.67. The summed E-state index contributed by atoms with van der Waals surface area (Å²) in [6.07, 6.45) is 2.14. The quantitative estimate of drug-likeness (QED) is 0.162. The second-order valence-corrected chi connectivity index (χ2v) is 11.8. The molecule has 236 valence electrons. The van der Waals surface area contributed by atoms with Crippen LogP contribution in [0.3, 0.4) is 0 Å². The molecule has 2 aromatic heterocycles. The lowest BCUT2D eigenvalue weighted by Gasteiger charge is -2.26. The maximum Gasteiger partial charge on any atom is 0.263 e. The van der Waals surface area contributed by atoms with Crippen LogP contribution in [0.1, 0.15) is 42.6 Å². The normalized spacial score (nSPS) is 14.1. The fourth-order valence-corrected chi connectivity index (χ4v) is 6.30. The minimum atomic E-state index is -0.152. The van der Waals surface area contributed by atoms with E-state index in [0.717, 1.165) is 53.0 Å². The van der Waals surface area contributed by atoms with Gasteiger partial charge in [0.05, 0.1) is 5.92 Å². The zero-order valence-electron chi connectivity index (χ0n) is 26.5. The highest BCUT2D eigenvalue weighted by atomic mass is 16.5. The Kier molecular flexibility index (Phi) is 8.90. The lowest BCUT2D eigenvalue weighted by atomic mass is 9.95. The first-order chi connectivity index (χ1) is 23.2. The van der Waals surface area contributed by atoms with Gasteiger partial charge in [-0.05, 0) is 48.2 Å². The van der Waals surface area contributed by atoms with Gasteiger partial charge in [-0.15, -0.1) is 0 Å². The van der Waals surface area contributed by atoms with Crippen molar-refractivity contribution >= 4 is 22.8 Å². The molecule has 0 radical (unpaired) electrons. The number of carbonyl (C=O) groups excluding carboxylic acids is 1. The van der Waals surface area contributed by atoms with Crippen LogP contribution < -0.4 is 9.64 Å². The highest BCUT2D eigenvalue weighted by Crippen LogP contribution is 2.36. The minimum Gasteiger partial charge on any atom is -0.457 e. The summed E-state index contributed by atoms with van der Waals surface area (Å²) in [5.74, 6) is 2.91. The number of nitrogens with zero attached hydrogens (tertiary/aromatic N) is 5. The van der Waals surface area contributed by atoms with Crippen LogP contribution in [0.25, 0.3) is 22.4 Å². The van der Waals surface area contributed by atoms with E-state index >= 15 is 0 Å². The van der Waals surface area contributed by atoms with Crippen molar-refractivity contribution in [3.8, 4) is 22.8 Å². The van der Waals surface area contributed by atoms with Gasteiger partial charge in [-0.1, -0.05) is 103 Å². The first kappa shape index (κ1) is 30.2. The van der Waals surface area contributed by atoms with Crippen molar-refractivity contribution in [2.24, 2.45) is 0 Å². The molecule has 0 N–H and O–H groups in total. The van der Waals surface area contributed by atoms with Crippen LogP contribution in [-0.2, 0) is 11.2 Å². The van der Waals surface area contributed by atoms with E-state index < -0.39 is 0 Å². The van der Waals surface area contributed by atoms with E-state index in [1.807, 2.05) is 95.9 Å². The summed E-state index contributed by atoms with van der Waals surface area (Å²) in [5, 5.41) is 5.29. The molecule has 1 fully saturated rings. The molecule has 1 aliphatic heterocycles. The van der Waals surface area contributed by atoms with E-state index in [1.165, 1.54) is 0 Å². The molecular formula is C39H37N5O3. The molecule has 7 rings (SSSR count). The van der Waals surface area contributed by atoms with Crippen molar-refractivity contribution < 1.29 is 14.1 Å². The number of fused-ring (bicyclic) bond motifs is 1. The molecule has 3 heterocycles. The number of carbonyl (C=O) groups is 1. The third kappa shape index (κ3) is 6.72. The average molecular weight is 624 g/mol. The Hall–Kier alpha value is -5.50. The molecule has 0 spiro atoms. The van der Waals surface area contributed by atoms with Gasteiger partial charge in [0.1, 0.15) is 34.2 Å². The van der Waals surface area contributed by atoms with Crippen LogP contribution in [0.15, 0.2) is 120 Å². The predicted octanol–water partition coefficient (Wildman–Crippen LogP) is 7.90. The predicted molar refractivity (Wildman–Crippen MR) is 184 cm³/mol. The minimum absolute atomic E-state index is 0.152. The highest BCUT2D eigenvalue weighted by molar-refractivity contribution is 5.98. The maximum absolute atomic E-state index is 13.8. The van der Waals surface area contributed by atoms with Crippen LogP contribution in [0.5, 0.6) is 11.5 Å². The topological polar surface area (TPSA) is 84.6 Å². The number of rotatable bonds is 9. The lowest BCUT2D eigenvalue weighted by Crippen LogP contribution is -2.38. The Morgan fingerprint density at radius 3 is 2.30 bits per heavy atom. The molecule has 0 saturated carbocycles. The Labute approximate surface area is 274 Å². The van der Waals surface area contributed by atoms with E-state index in [4.69, 9.17) is 19.2 Å². The maximum atomic E-state index is 13.8. The zero-order valence-corrected chi connectivity index (χ0v) is 26.5. The van der Waals surface area contributed by atoms with Gasteiger partial charge in [0.15, 0.2) is 0 Å². The molecule has 1 saturated heterocycles. The summed E-state index contributed by atoms with van der Waals surface area (Å²) in [6, 6.07) is 37.8. The van der Waals surface area contributed by atoms with Crippen LogP contribution >= 0.6 is 0 Å². The number of aromatic nitrogens is 3. The van der Waals surface area contributed by atoms with Gasteiger partial charge in [-0.25, -0.2) is 4.98 Å². The number of hydrogen-bond donors (Lipinski definition) is 0. The number of para-hydroxylation sites is 1. The van der Waals surface area contributed by atoms with Gasteiger partial charge in [0.2, 0.25) is 5.91 Å². The smallest absolute Gasteiger partial charge is 0.263 e. The summed E-state index contributed by atoms with van der Waals surface area (Å²) in [5.41, 5.74) is 4.13. The van der Waals surface area contributed by atoms with Gasteiger partial charge in [-0.2, -0.15) is 4.98 Å². The average Bonchev–Trinajstić information content (AvgIpc) is 3.38. The van der Waals surface area contributed by atoms with E-state index in [0.29, 0.717) is 49.0 Å². The number of benzene rings is 4. The first-order valence-corrected chi connectivity index (χ1v) is 16.3. The monoisotopic (exact) mass is 623 g/mol. The Morgan fingerprint density at radius 2 is 1.53 bits per heavy atom. The second kappa shape index (κ2) is 13.9. The largest absolute Gasteiger partial charge is 0.457 e. The van der Waals surface area contributed by atoms with Crippen LogP contribution in [0.4, 0.5) is 5.82 Å². The molecule has 1 aliphatic rings. The standard InChI is InChI=1S/C39H37N5O3/c1-2-33(29-16-8-4-9-17-29)39(45)44-23-13-22-43(24-25-44)37-35-36(30-18-12-21-32(27-30)46-31-19-10-5-11-20-31)42-47-38(35)41-34(40-37)26-28-14-6-3-7-15-28/h3-12,14-21,27,33H,2,13,22-26H2,1H3. The molecule has 47 heavy (non-hydrogen) atoms. The third-order valence-electron chi connectivity index (χ3n) is 8.67. The Bertz CT molecular complexity index is 1950. The summed E-state index contributed by atoms with van der Waals surface area (Å²) in [4.78, 5) is 28.1. The molecule has 6 aromatic rings. The molecular weight excluding hydrogens is 586 g/mol. The fourth-order valence-electron chi connectivity index (χ4n) is 6.30. The number of ether oxygens (including phenoxy) is 1. The summed E-state index contributed by atoms with van der Waals surface area (Å²) in [6.45, 7) is 4.75. The van der Waals surface area contributed by atoms with Crippen molar-refractivity contribution in [1.82, 2.24) is 20.0 Å². The Balaban J connectivity index is 1.22. The number of amides is 1. The van der Waals surface area contributed by atoms with Crippen molar-refractivity contribution in [3.05, 3.63) is 132 Å².